The number of alkyl halides is 3. The van der Waals surface area contributed by atoms with Crippen molar-refractivity contribution in [3.05, 3.63) is 64.2 Å². The minimum atomic E-state index is -4.48. The van der Waals surface area contributed by atoms with Crippen LogP contribution in [0.5, 0.6) is 0 Å². The van der Waals surface area contributed by atoms with Crippen LogP contribution in [0.15, 0.2) is 34.9 Å². The molecular weight excluding hydrogens is 359 g/mol. The van der Waals surface area contributed by atoms with E-state index in [0.29, 0.717) is 22.8 Å². The smallest absolute Gasteiger partial charge is 0.360 e. The summed E-state index contributed by atoms with van der Waals surface area (Å²) in [5, 5.41) is 6.48. The lowest BCUT2D eigenvalue weighted by molar-refractivity contribution is -0.138. The van der Waals surface area contributed by atoms with Crippen molar-refractivity contribution in [2.75, 3.05) is 5.32 Å². The topological polar surface area (TPSA) is 60.1 Å². The molecule has 0 atom stereocenters. The zero-order valence-corrected chi connectivity index (χ0v) is 15.2. The Morgan fingerprint density at radius 2 is 1.81 bits per heavy atom. The monoisotopic (exact) mass is 377 g/mol. The number of hydrogen-bond acceptors (Lipinski definition) is 3. The minimum Gasteiger partial charge on any atom is -0.360 e. The molecule has 1 N–H and O–H groups in total. The molecule has 2 aromatic heterocycles. The molecule has 5 nitrogen and oxygen atoms in total. The Hall–Kier alpha value is -3.03. The van der Waals surface area contributed by atoms with E-state index >= 15 is 0 Å². The molecule has 142 valence electrons. The van der Waals surface area contributed by atoms with E-state index in [9.17, 15) is 18.0 Å². The van der Waals surface area contributed by atoms with Crippen molar-refractivity contribution in [2.45, 2.75) is 33.9 Å². The molecule has 8 heteroatoms. The predicted molar refractivity (Wildman–Crippen MR) is 94.2 cm³/mol. The third-order valence-corrected chi connectivity index (χ3v) is 4.32. The fourth-order valence-electron chi connectivity index (χ4n) is 3.01. The Balaban J connectivity index is 1.92. The summed E-state index contributed by atoms with van der Waals surface area (Å²) in [5.74, 6) is 0.672. The van der Waals surface area contributed by atoms with Gasteiger partial charge in [0.1, 0.15) is 5.76 Å². The molecule has 0 radical (unpaired) electrons. The van der Waals surface area contributed by atoms with Crippen LogP contribution in [0.4, 0.5) is 18.9 Å². The van der Waals surface area contributed by atoms with Gasteiger partial charge in [-0.2, -0.15) is 13.2 Å². The summed E-state index contributed by atoms with van der Waals surface area (Å²) >= 11 is 0. The maximum Gasteiger partial charge on any atom is 0.416 e. The van der Waals surface area contributed by atoms with Crippen LogP contribution < -0.4 is 5.32 Å². The van der Waals surface area contributed by atoms with Crippen LogP contribution in [-0.2, 0) is 6.18 Å². The highest BCUT2D eigenvalue weighted by Crippen LogP contribution is 2.33. The van der Waals surface area contributed by atoms with Crippen LogP contribution in [0.3, 0.4) is 0 Å². The number of nitrogens with one attached hydrogen (secondary N) is 1. The zero-order valence-electron chi connectivity index (χ0n) is 15.2. The number of anilines is 1. The van der Waals surface area contributed by atoms with Crippen molar-refractivity contribution in [2.24, 2.45) is 0 Å². The van der Waals surface area contributed by atoms with Crippen LogP contribution in [0.1, 0.15) is 38.6 Å². The highest BCUT2D eigenvalue weighted by Gasteiger charge is 2.32. The maximum absolute atomic E-state index is 13.1. The lowest BCUT2D eigenvalue weighted by Gasteiger charge is -2.13. The predicted octanol–water partition coefficient (Wildman–Crippen LogP) is 4.97. The SMILES string of the molecule is Cc1cc(-n2c(C)cc(C(=O)Nc3ccc(C)c(C(F)(F)F)c3)c2C)no1. The van der Waals surface area contributed by atoms with Gasteiger partial charge in [0.15, 0.2) is 5.82 Å². The number of aromatic nitrogens is 2. The standard InChI is InChI=1S/C19H18F3N3O2/c1-10-5-6-14(9-16(10)19(20,21)22)23-18(26)15-7-11(2)25(13(15)4)17-8-12(3)27-24-17/h5-9H,1-4H3,(H,23,26). The number of halogens is 3. The number of carbonyl (C=O) groups is 1. The van der Waals surface area contributed by atoms with Crippen molar-refractivity contribution in [1.29, 1.82) is 0 Å². The molecule has 0 aliphatic heterocycles. The average molecular weight is 377 g/mol. The first kappa shape index (κ1) is 18.8. The molecule has 0 bridgehead atoms. The van der Waals surface area contributed by atoms with Crippen molar-refractivity contribution >= 4 is 11.6 Å². The molecule has 0 saturated heterocycles. The molecule has 0 aliphatic carbocycles. The molecule has 0 unspecified atom stereocenters. The molecule has 3 aromatic rings. The van der Waals surface area contributed by atoms with Crippen molar-refractivity contribution in [1.82, 2.24) is 9.72 Å². The van der Waals surface area contributed by atoms with Crippen LogP contribution in [0.25, 0.3) is 5.82 Å². The highest BCUT2D eigenvalue weighted by molar-refractivity contribution is 6.05. The zero-order chi connectivity index (χ0) is 19.9. The Bertz CT molecular complexity index is 1020. The van der Waals surface area contributed by atoms with Crippen LogP contribution in [0, 0.1) is 27.7 Å². The fraction of sp³-hybridized carbons (Fsp3) is 0.263. The summed E-state index contributed by atoms with van der Waals surface area (Å²) in [7, 11) is 0. The lowest BCUT2D eigenvalue weighted by Crippen LogP contribution is -2.15. The van der Waals surface area contributed by atoms with Gasteiger partial charge in [-0.05, 0) is 51.5 Å². The third kappa shape index (κ3) is 3.60. The summed E-state index contributed by atoms with van der Waals surface area (Å²) in [5.41, 5.74) is 1.12. The fourth-order valence-corrected chi connectivity index (χ4v) is 3.01. The second-order valence-corrected chi connectivity index (χ2v) is 6.40. The number of nitrogens with zero attached hydrogens (tertiary/aromatic N) is 2. The number of aryl methyl sites for hydroxylation is 3. The van der Waals surface area contributed by atoms with E-state index < -0.39 is 17.6 Å². The van der Waals surface area contributed by atoms with Gasteiger partial charge in [-0.1, -0.05) is 11.2 Å². The van der Waals surface area contributed by atoms with Crippen molar-refractivity contribution < 1.29 is 22.5 Å². The van der Waals surface area contributed by atoms with Gasteiger partial charge in [0.25, 0.3) is 5.91 Å². The average Bonchev–Trinajstić information content (AvgIpc) is 3.11. The first-order chi connectivity index (χ1) is 12.6. The summed E-state index contributed by atoms with van der Waals surface area (Å²) in [6.07, 6.45) is -4.48. The normalized spacial score (nSPS) is 11.7. The van der Waals surface area contributed by atoms with E-state index in [0.717, 1.165) is 11.8 Å². The number of amides is 1. The van der Waals surface area contributed by atoms with E-state index in [2.05, 4.69) is 10.5 Å². The minimum absolute atomic E-state index is 0.0833. The largest absolute Gasteiger partial charge is 0.416 e. The molecule has 0 spiro atoms. The molecule has 0 fully saturated rings. The summed E-state index contributed by atoms with van der Waals surface area (Å²) in [6.45, 7) is 6.68. The molecule has 2 heterocycles. The Morgan fingerprint density at radius 1 is 1.11 bits per heavy atom. The van der Waals surface area contributed by atoms with Gasteiger partial charge in [-0.25, -0.2) is 0 Å². The number of hydrogen-bond donors (Lipinski definition) is 1. The number of rotatable bonds is 3. The van der Waals surface area contributed by atoms with E-state index in [1.165, 1.54) is 19.1 Å². The lowest BCUT2D eigenvalue weighted by atomic mass is 10.1. The van der Waals surface area contributed by atoms with Gasteiger partial charge < -0.3 is 9.84 Å². The Morgan fingerprint density at radius 3 is 2.41 bits per heavy atom. The van der Waals surface area contributed by atoms with Crippen LogP contribution >= 0.6 is 0 Å². The molecule has 1 amide bonds. The molecule has 27 heavy (non-hydrogen) atoms. The Labute approximate surface area is 153 Å². The van der Waals surface area contributed by atoms with Crippen LogP contribution in [-0.4, -0.2) is 15.6 Å². The van der Waals surface area contributed by atoms with Crippen molar-refractivity contribution in [3.63, 3.8) is 0 Å². The van der Waals surface area contributed by atoms with Crippen molar-refractivity contribution in [3.8, 4) is 5.82 Å². The van der Waals surface area contributed by atoms with Gasteiger partial charge >= 0.3 is 6.18 Å². The molecular formula is C19H18F3N3O2. The van der Waals surface area contributed by atoms with E-state index in [-0.39, 0.29) is 11.3 Å². The summed E-state index contributed by atoms with van der Waals surface area (Å²) in [6, 6.07) is 7.11. The number of carbonyl (C=O) groups excluding carboxylic acids is 1. The van der Waals surface area contributed by atoms with Gasteiger partial charge in [-0.15, -0.1) is 0 Å². The summed E-state index contributed by atoms with van der Waals surface area (Å²) in [4.78, 5) is 12.6. The van der Waals surface area contributed by atoms with Gasteiger partial charge in [-0.3, -0.25) is 9.36 Å². The van der Waals surface area contributed by atoms with E-state index in [1.54, 1.807) is 37.5 Å². The number of benzene rings is 1. The first-order valence-electron chi connectivity index (χ1n) is 8.19. The molecule has 0 aliphatic rings. The quantitative estimate of drug-likeness (QED) is 0.701. The summed E-state index contributed by atoms with van der Waals surface area (Å²) < 4.78 is 46.0. The molecule has 0 saturated carbocycles. The van der Waals surface area contributed by atoms with E-state index in [1.807, 2.05) is 0 Å². The highest BCUT2D eigenvalue weighted by atomic mass is 19.4. The van der Waals surface area contributed by atoms with Crippen LogP contribution in [0.2, 0.25) is 0 Å². The van der Waals surface area contributed by atoms with Gasteiger partial charge in [0, 0.05) is 23.1 Å². The Kier molecular flexibility index (Phi) is 4.59. The second-order valence-electron chi connectivity index (χ2n) is 6.40. The third-order valence-electron chi connectivity index (χ3n) is 4.32. The first-order valence-corrected chi connectivity index (χ1v) is 8.19. The van der Waals surface area contributed by atoms with Gasteiger partial charge in [0.2, 0.25) is 0 Å². The maximum atomic E-state index is 13.1. The second kappa shape index (κ2) is 6.61. The van der Waals surface area contributed by atoms with E-state index in [4.69, 9.17) is 4.52 Å². The molecule has 3 rings (SSSR count). The van der Waals surface area contributed by atoms with Gasteiger partial charge in [0.05, 0.1) is 11.1 Å². The molecule has 1 aromatic carbocycles.